The van der Waals surface area contributed by atoms with Gasteiger partial charge in [0.1, 0.15) is 17.9 Å². The summed E-state index contributed by atoms with van der Waals surface area (Å²) in [7, 11) is 0. The first kappa shape index (κ1) is 28.9. The van der Waals surface area contributed by atoms with Gasteiger partial charge in [0.25, 0.3) is 0 Å². The van der Waals surface area contributed by atoms with Gasteiger partial charge in [-0.25, -0.2) is 9.78 Å². The lowest BCUT2D eigenvalue weighted by atomic mass is 9.91. The second-order valence-corrected chi connectivity index (χ2v) is 11.3. The third-order valence-electron chi connectivity index (χ3n) is 8.47. The Morgan fingerprint density at radius 1 is 1.12 bits per heavy atom. The highest BCUT2D eigenvalue weighted by atomic mass is 16.5. The molecule has 9 nitrogen and oxygen atoms in total. The molecule has 6 rings (SSSR count). The second kappa shape index (κ2) is 12.6. The molecule has 9 heteroatoms. The van der Waals surface area contributed by atoms with Gasteiger partial charge in [0.05, 0.1) is 25.1 Å². The molecule has 224 valence electrons. The minimum atomic E-state index is -1.10. The number of nitrogens with zero attached hydrogens (tertiary/aromatic N) is 4. The Kier molecular flexibility index (Phi) is 8.44. The van der Waals surface area contributed by atoms with Gasteiger partial charge >= 0.3 is 5.97 Å². The van der Waals surface area contributed by atoms with Gasteiger partial charge < -0.3 is 19.3 Å². The van der Waals surface area contributed by atoms with E-state index in [0.29, 0.717) is 30.6 Å². The maximum Gasteiger partial charge on any atom is 0.342 e. The van der Waals surface area contributed by atoms with E-state index in [9.17, 15) is 9.90 Å². The Bertz CT molecular complexity index is 1630. The van der Waals surface area contributed by atoms with Gasteiger partial charge in [0, 0.05) is 31.8 Å². The molecule has 1 saturated heterocycles. The van der Waals surface area contributed by atoms with E-state index < -0.39 is 5.97 Å². The lowest BCUT2D eigenvalue weighted by Crippen LogP contribution is -2.35. The molecule has 43 heavy (non-hydrogen) atoms. The van der Waals surface area contributed by atoms with Crippen molar-refractivity contribution in [2.24, 2.45) is 5.92 Å². The van der Waals surface area contributed by atoms with E-state index in [-0.39, 0.29) is 11.4 Å². The lowest BCUT2D eigenvalue weighted by molar-refractivity contribution is 0.0692. The minimum Gasteiger partial charge on any atom is -0.488 e. The summed E-state index contributed by atoms with van der Waals surface area (Å²) in [5.41, 5.74) is 7.91. The molecule has 0 bridgehead atoms. The van der Waals surface area contributed by atoms with Gasteiger partial charge in [-0.15, -0.1) is 0 Å². The van der Waals surface area contributed by atoms with Gasteiger partial charge in [-0.05, 0) is 85.5 Å². The Labute approximate surface area is 252 Å². The number of hydrogen-bond donors (Lipinski definition) is 1. The first-order chi connectivity index (χ1) is 20.9. The SMILES string of the molecule is CCOc1c(C(=O)O)cnn1-c1cccc(-c2cccc(C)c2OCc2ccc3c(c2C)CCN(C[C@H]2CCOC2)C3)n1. The summed E-state index contributed by atoms with van der Waals surface area (Å²) in [4.78, 5) is 19.1. The Morgan fingerprint density at radius 3 is 2.77 bits per heavy atom. The van der Waals surface area contributed by atoms with Crippen LogP contribution < -0.4 is 9.47 Å². The van der Waals surface area contributed by atoms with E-state index in [0.717, 1.165) is 56.1 Å². The maximum absolute atomic E-state index is 11.7. The largest absolute Gasteiger partial charge is 0.488 e. The van der Waals surface area contributed by atoms with Crippen molar-refractivity contribution in [3.8, 4) is 28.7 Å². The second-order valence-electron chi connectivity index (χ2n) is 11.3. The average molecular weight is 583 g/mol. The molecule has 4 heterocycles. The first-order valence-electron chi connectivity index (χ1n) is 15.0. The number of hydrogen-bond acceptors (Lipinski definition) is 7. The van der Waals surface area contributed by atoms with E-state index in [2.05, 4.69) is 29.1 Å². The van der Waals surface area contributed by atoms with Crippen LogP contribution in [0.2, 0.25) is 0 Å². The van der Waals surface area contributed by atoms with Crippen molar-refractivity contribution in [1.82, 2.24) is 19.7 Å². The number of rotatable bonds is 10. The maximum atomic E-state index is 11.7. The summed E-state index contributed by atoms with van der Waals surface area (Å²) in [5.74, 6) is 0.933. The number of aromatic carboxylic acids is 1. The smallest absolute Gasteiger partial charge is 0.342 e. The van der Waals surface area contributed by atoms with Crippen LogP contribution in [-0.4, -0.2) is 63.7 Å². The molecule has 0 amide bonds. The zero-order valence-electron chi connectivity index (χ0n) is 25.0. The number of carbonyl (C=O) groups is 1. The lowest BCUT2D eigenvalue weighted by Gasteiger charge is -2.32. The summed E-state index contributed by atoms with van der Waals surface area (Å²) >= 11 is 0. The highest BCUT2D eigenvalue weighted by molar-refractivity contribution is 5.90. The zero-order chi connectivity index (χ0) is 29.9. The molecule has 1 atom stereocenters. The van der Waals surface area contributed by atoms with Gasteiger partial charge in [-0.2, -0.15) is 9.78 Å². The Hall–Kier alpha value is -4.21. The van der Waals surface area contributed by atoms with Crippen LogP contribution in [0.5, 0.6) is 11.6 Å². The fourth-order valence-electron chi connectivity index (χ4n) is 6.16. The number of carboxylic acid groups (broad SMARTS) is 1. The van der Waals surface area contributed by atoms with Crippen LogP contribution in [0.4, 0.5) is 0 Å². The highest BCUT2D eigenvalue weighted by Gasteiger charge is 2.24. The third kappa shape index (κ3) is 6.00. The molecule has 0 aliphatic carbocycles. The van der Waals surface area contributed by atoms with E-state index in [1.54, 1.807) is 13.0 Å². The van der Waals surface area contributed by atoms with Crippen molar-refractivity contribution < 1.29 is 24.1 Å². The van der Waals surface area contributed by atoms with Crippen LogP contribution in [0.15, 0.2) is 54.7 Å². The standard InChI is InChI=1S/C34H38N4O5/c1-4-42-33-29(34(39)40)17-35-38(33)31-10-6-9-30(36-31)28-8-5-7-22(2)32(28)43-21-26-12-11-25-19-37(15-13-27(25)23(26)3)18-24-14-16-41-20-24/h5-12,17,24H,4,13-16,18-21H2,1-3H3,(H,39,40)/t24-/m1/s1. The van der Waals surface area contributed by atoms with Gasteiger partial charge in [-0.1, -0.05) is 30.3 Å². The van der Waals surface area contributed by atoms with Crippen LogP contribution in [0.3, 0.4) is 0 Å². The van der Waals surface area contributed by atoms with Gasteiger partial charge in [-0.3, -0.25) is 4.90 Å². The summed E-state index contributed by atoms with van der Waals surface area (Å²) in [6.07, 6.45) is 3.50. The topological polar surface area (TPSA) is 98.9 Å². The number of benzene rings is 2. The number of carboxylic acids is 1. The predicted molar refractivity (Wildman–Crippen MR) is 163 cm³/mol. The van der Waals surface area contributed by atoms with Crippen LogP contribution in [-0.2, 0) is 24.3 Å². The summed E-state index contributed by atoms with van der Waals surface area (Å²) in [6.45, 7) is 11.8. The molecule has 4 aromatic rings. The van der Waals surface area contributed by atoms with Crippen molar-refractivity contribution in [1.29, 1.82) is 0 Å². The van der Waals surface area contributed by atoms with Gasteiger partial charge in [0.2, 0.25) is 5.88 Å². The number of fused-ring (bicyclic) bond motifs is 1. The summed E-state index contributed by atoms with van der Waals surface area (Å²) in [5, 5.41) is 13.8. The van der Waals surface area contributed by atoms with Crippen LogP contribution in [0.25, 0.3) is 17.1 Å². The van der Waals surface area contributed by atoms with Crippen LogP contribution >= 0.6 is 0 Å². The van der Waals surface area contributed by atoms with Crippen LogP contribution in [0, 0.1) is 19.8 Å². The van der Waals surface area contributed by atoms with Crippen molar-refractivity contribution >= 4 is 5.97 Å². The molecular weight excluding hydrogens is 544 g/mol. The molecule has 2 aromatic heterocycles. The minimum absolute atomic E-state index is 0.00910. The first-order valence-corrected chi connectivity index (χ1v) is 15.0. The number of aromatic nitrogens is 3. The molecule has 0 radical (unpaired) electrons. The third-order valence-corrected chi connectivity index (χ3v) is 8.47. The quantitative estimate of drug-likeness (QED) is 0.257. The Morgan fingerprint density at radius 2 is 1.98 bits per heavy atom. The number of pyridine rings is 1. The highest BCUT2D eigenvalue weighted by Crippen LogP contribution is 2.34. The van der Waals surface area contributed by atoms with E-state index in [4.69, 9.17) is 19.2 Å². The van der Waals surface area contributed by atoms with Crippen molar-refractivity contribution in [2.45, 2.75) is 46.8 Å². The van der Waals surface area contributed by atoms with E-state index in [1.807, 2.05) is 37.3 Å². The molecule has 0 saturated carbocycles. The molecular formula is C34H38N4O5. The molecule has 1 fully saturated rings. The van der Waals surface area contributed by atoms with Crippen molar-refractivity contribution in [3.63, 3.8) is 0 Å². The molecule has 2 aliphatic rings. The molecule has 0 unspecified atom stereocenters. The van der Waals surface area contributed by atoms with Crippen molar-refractivity contribution in [2.75, 3.05) is 32.9 Å². The van der Waals surface area contributed by atoms with Crippen molar-refractivity contribution in [3.05, 3.63) is 88.1 Å². The fourth-order valence-corrected chi connectivity index (χ4v) is 6.16. The summed E-state index contributed by atoms with van der Waals surface area (Å²) < 4.78 is 19.2. The number of aryl methyl sites for hydroxylation is 1. The molecule has 2 aromatic carbocycles. The average Bonchev–Trinajstić information content (AvgIpc) is 3.68. The molecule has 1 N–H and O–H groups in total. The van der Waals surface area contributed by atoms with E-state index >= 15 is 0 Å². The monoisotopic (exact) mass is 582 g/mol. The Balaban J connectivity index is 1.23. The van der Waals surface area contributed by atoms with Crippen LogP contribution in [0.1, 0.15) is 51.5 Å². The summed E-state index contributed by atoms with van der Waals surface area (Å²) in [6, 6.07) is 16.1. The van der Waals surface area contributed by atoms with E-state index in [1.165, 1.54) is 39.6 Å². The zero-order valence-corrected chi connectivity index (χ0v) is 25.0. The predicted octanol–water partition coefficient (Wildman–Crippen LogP) is 5.62. The number of para-hydroxylation sites is 1. The molecule has 2 aliphatic heterocycles. The normalized spacial score (nSPS) is 16.7. The molecule has 0 spiro atoms. The number of ether oxygens (including phenoxy) is 3. The fraction of sp³-hybridized carbons (Fsp3) is 0.382. The van der Waals surface area contributed by atoms with Gasteiger partial charge in [0.15, 0.2) is 5.82 Å².